The summed E-state index contributed by atoms with van der Waals surface area (Å²) in [7, 11) is 0. The van der Waals surface area contributed by atoms with Gasteiger partial charge in [-0.3, -0.25) is 15.5 Å². The molecule has 0 atom stereocenters. The summed E-state index contributed by atoms with van der Waals surface area (Å²) < 4.78 is 0. The topological polar surface area (TPSA) is 119 Å². The van der Waals surface area contributed by atoms with Crippen molar-refractivity contribution >= 4 is 17.9 Å². The summed E-state index contributed by atoms with van der Waals surface area (Å²) in [5.74, 6) is -0.699. The van der Waals surface area contributed by atoms with Crippen LogP contribution >= 0.6 is 0 Å². The summed E-state index contributed by atoms with van der Waals surface area (Å²) in [6, 6.07) is 11.4. The van der Waals surface area contributed by atoms with Crippen LogP contribution in [0.1, 0.15) is 12.5 Å². The van der Waals surface area contributed by atoms with Crippen molar-refractivity contribution in [1.82, 2.24) is 5.32 Å². The summed E-state index contributed by atoms with van der Waals surface area (Å²) in [5, 5.41) is 28.4. The van der Waals surface area contributed by atoms with Crippen molar-refractivity contribution < 1.29 is 15.0 Å². The Morgan fingerprint density at radius 1 is 1.13 bits per heavy atom. The number of phenolic OH excluding ortho intramolecular Hbond substituents is 2. The first-order chi connectivity index (χ1) is 10.9. The highest BCUT2D eigenvalue weighted by molar-refractivity contribution is 6.06. The fourth-order valence-corrected chi connectivity index (χ4v) is 2.09. The minimum absolute atomic E-state index is 0.0681. The second-order valence-corrected chi connectivity index (χ2v) is 5.01. The smallest absolute Gasteiger partial charge is 0.253 e. The van der Waals surface area contributed by atoms with E-state index in [4.69, 9.17) is 11.1 Å². The molecule has 118 valence electrons. The van der Waals surface area contributed by atoms with Crippen LogP contribution in [0.15, 0.2) is 48.0 Å². The Kier molecular flexibility index (Phi) is 4.66. The van der Waals surface area contributed by atoms with Crippen LogP contribution in [0.5, 0.6) is 11.5 Å². The third kappa shape index (κ3) is 4.10. The summed E-state index contributed by atoms with van der Waals surface area (Å²) >= 11 is 0. The van der Waals surface area contributed by atoms with Crippen LogP contribution in [0, 0.1) is 5.41 Å². The van der Waals surface area contributed by atoms with Gasteiger partial charge in [-0.05, 0) is 54.0 Å². The van der Waals surface area contributed by atoms with Gasteiger partial charge in [0.25, 0.3) is 5.91 Å². The lowest BCUT2D eigenvalue weighted by atomic mass is 9.97. The molecule has 6 N–H and O–H groups in total. The molecule has 0 unspecified atom stereocenters. The zero-order valence-corrected chi connectivity index (χ0v) is 12.5. The average Bonchev–Trinajstić information content (AvgIpc) is 2.48. The van der Waals surface area contributed by atoms with Gasteiger partial charge in [-0.25, -0.2) is 0 Å². The van der Waals surface area contributed by atoms with Gasteiger partial charge in [0, 0.05) is 5.57 Å². The number of benzene rings is 2. The van der Waals surface area contributed by atoms with E-state index in [1.54, 1.807) is 49.4 Å². The first-order valence-corrected chi connectivity index (χ1v) is 6.83. The average molecular weight is 311 g/mol. The molecule has 0 bridgehead atoms. The van der Waals surface area contributed by atoms with E-state index in [0.717, 1.165) is 11.1 Å². The largest absolute Gasteiger partial charge is 0.508 e. The molecule has 0 radical (unpaired) electrons. The lowest BCUT2D eigenvalue weighted by molar-refractivity contribution is -0.116. The van der Waals surface area contributed by atoms with Gasteiger partial charge < -0.3 is 15.9 Å². The van der Waals surface area contributed by atoms with E-state index in [-0.39, 0.29) is 11.5 Å². The Balaban J connectivity index is 2.45. The molecule has 0 saturated heterocycles. The van der Waals surface area contributed by atoms with Gasteiger partial charge in [0.05, 0.1) is 0 Å². The van der Waals surface area contributed by atoms with Crippen molar-refractivity contribution in [1.29, 1.82) is 5.41 Å². The summed E-state index contributed by atoms with van der Waals surface area (Å²) in [6.45, 7) is 1.59. The van der Waals surface area contributed by atoms with Gasteiger partial charge in [0.15, 0.2) is 5.96 Å². The zero-order chi connectivity index (χ0) is 17.0. The van der Waals surface area contributed by atoms with E-state index in [2.05, 4.69) is 5.32 Å². The Morgan fingerprint density at radius 2 is 1.74 bits per heavy atom. The van der Waals surface area contributed by atoms with Crippen LogP contribution in [0.25, 0.3) is 17.2 Å². The molecule has 23 heavy (non-hydrogen) atoms. The van der Waals surface area contributed by atoms with Crippen LogP contribution < -0.4 is 11.1 Å². The number of phenols is 2. The van der Waals surface area contributed by atoms with Crippen molar-refractivity contribution in [3.8, 4) is 22.6 Å². The number of carbonyl (C=O) groups is 1. The quantitative estimate of drug-likeness (QED) is 0.339. The molecule has 0 aliphatic carbocycles. The normalized spacial score (nSPS) is 11.1. The monoisotopic (exact) mass is 311 g/mol. The van der Waals surface area contributed by atoms with E-state index in [0.29, 0.717) is 11.1 Å². The van der Waals surface area contributed by atoms with Gasteiger partial charge in [-0.2, -0.15) is 0 Å². The highest BCUT2D eigenvalue weighted by Gasteiger charge is 2.09. The van der Waals surface area contributed by atoms with Gasteiger partial charge >= 0.3 is 0 Å². The zero-order valence-electron chi connectivity index (χ0n) is 12.5. The van der Waals surface area contributed by atoms with E-state index < -0.39 is 11.9 Å². The third-order valence-corrected chi connectivity index (χ3v) is 3.19. The first kappa shape index (κ1) is 16.1. The highest BCUT2D eigenvalue weighted by Crippen LogP contribution is 2.29. The Bertz CT molecular complexity index is 780. The lowest BCUT2D eigenvalue weighted by Gasteiger charge is -2.09. The van der Waals surface area contributed by atoms with Crippen LogP contribution in [-0.2, 0) is 4.79 Å². The van der Waals surface area contributed by atoms with Crippen LogP contribution in [0.2, 0.25) is 0 Å². The predicted octanol–water partition coefficient (Wildman–Crippen LogP) is 2.18. The number of rotatable bonds is 3. The van der Waals surface area contributed by atoms with Gasteiger partial charge in [0.1, 0.15) is 11.5 Å². The summed E-state index contributed by atoms with van der Waals surface area (Å²) in [6.07, 6.45) is 1.60. The molecule has 0 saturated carbocycles. The molecule has 6 heteroatoms. The Morgan fingerprint density at radius 3 is 2.35 bits per heavy atom. The minimum Gasteiger partial charge on any atom is -0.508 e. The molecule has 2 rings (SSSR count). The van der Waals surface area contributed by atoms with E-state index in [1.165, 1.54) is 6.07 Å². The fraction of sp³-hybridized carbons (Fsp3) is 0.0588. The molecule has 0 aliphatic rings. The molecular weight excluding hydrogens is 294 g/mol. The molecule has 0 heterocycles. The van der Waals surface area contributed by atoms with Gasteiger partial charge in [0.2, 0.25) is 0 Å². The molecule has 0 spiro atoms. The molecule has 0 aromatic heterocycles. The van der Waals surface area contributed by atoms with Crippen LogP contribution in [0.4, 0.5) is 0 Å². The summed E-state index contributed by atoms with van der Waals surface area (Å²) in [4.78, 5) is 11.8. The number of amides is 1. The number of hydrogen-bond donors (Lipinski definition) is 5. The standard InChI is InChI=1S/C17H17N3O3/c1-10(16(23)20-17(18)19)8-12-9-14(22)6-7-15(12)11-2-4-13(21)5-3-11/h2-9,21-22H,1H3,(H4,18,19,20,23)/b10-8+. The first-order valence-electron chi connectivity index (χ1n) is 6.83. The van der Waals surface area contributed by atoms with Crippen molar-refractivity contribution in [3.05, 3.63) is 53.6 Å². The van der Waals surface area contributed by atoms with Crippen molar-refractivity contribution in [2.24, 2.45) is 5.73 Å². The maximum absolute atomic E-state index is 11.8. The van der Waals surface area contributed by atoms with Gasteiger partial charge in [-0.15, -0.1) is 0 Å². The molecule has 0 aliphatic heterocycles. The Labute approximate surface area is 133 Å². The van der Waals surface area contributed by atoms with E-state index >= 15 is 0 Å². The Hall–Kier alpha value is -3.28. The number of nitrogens with one attached hydrogen (secondary N) is 2. The third-order valence-electron chi connectivity index (χ3n) is 3.19. The minimum atomic E-state index is -0.488. The molecule has 2 aromatic carbocycles. The fourth-order valence-electron chi connectivity index (χ4n) is 2.09. The maximum Gasteiger partial charge on any atom is 0.253 e. The highest BCUT2D eigenvalue weighted by atomic mass is 16.3. The van der Waals surface area contributed by atoms with Gasteiger partial charge in [-0.1, -0.05) is 18.2 Å². The van der Waals surface area contributed by atoms with E-state index in [1.807, 2.05) is 0 Å². The van der Waals surface area contributed by atoms with Crippen molar-refractivity contribution in [3.63, 3.8) is 0 Å². The maximum atomic E-state index is 11.8. The second kappa shape index (κ2) is 6.65. The summed E-state index contributed by atoms with van der Waals surface area (Å²) in [5.41, 5.74) is 7.73. The predicted molar refractivity (Wildman–Crippen MR) is 88.9 cm³/mol. The van der Waals surface area contributed by atoms with Crippen LogP contribution in [0.3, 0.4) is 0 Å². The number of aromatic hydroxyl groups is 2. The molecule has 6 nitrogen and oxygen atoms in total. The molecular formula is C17H17N3O3. The molecule has 0 fully saturated rings. The van der Waals surface area contributed by atoms with Crippen LogP contribution in [-0.4, -0.2) is 22.1 Å². The second-order valence-electron chi connectivity index (χ2n) is 5.01. The lowest BCUT2D eigenvalue weighted by Crippen LogP contribution is -2.36. The van der Waals surface area contributed by atoms with Crippen molar-refractivity contribution in [2.45, 2.75) is 6.92 Å². The number of hydrogen-bond acceptors (Lipinski definition) is 4. The number of guanidine groups is 1. The molecule has 1 amide bonds. The molecule has 2 aromatic rings. The SMILES string of the molecule is C/C(=C\c1cc(O)ccc1-c1ccc(O)cc1)C(=O)NC(=N)N. The van der Waals surface area contributed by atoms with E-state index in [9.17, 15) is 15.0 Å². The number of nitrogens with two attached hydrogens (primary N) is 1. The van der Waals surface area contributed by atoms with Crippen molar-refractivity contribution in [2.75, 3.05) is 0 Å². The number of carbonyl (C=O) groups excluding carboxylic acids is 1.